The Morgan fingerprint density at radius 1 is 1.00 bits per heavy atom. The standard InChI is InChI=1S/C17H24O/c1-3-13-17(18,14-4-2)15-9-8-12-16-10-6-5-7-11-16/h3-7,10-11,18H,1-2,8-9,12-15H2. The van der Waals surface area contributed by atoms with Gasteiger partial charge in [-0.2, -0.15) is 0 Å². The van der Waals surface area contributed by atoms with Gasteiger partial charge in [0.05, 0.1) is 5.60 Å². The average molecular weight is 244 g/mol. The summed E-state index contributed by atoms with van der Waals surface area (Å²) in [6.07, 6.45) is 8.92. The lowest BCUT2D eigenvalue weighted by Gasteiger charge is -2.25. The molecule has 0 saturated carbocycles. The maximum absolute atomic E-state index is 10.4. The van der Waals surface area contributed by atoms with Crippen LogP contribution in [0.5, 0.6) is 0 Å². The minimum absolute atomic E-state index is 0.639. The van der Waals surface area contributed by atoms with Gasteiger partial charge in [0.25, 0.3) is 0 Å². The molecule has 0 bridgehead atoms. The fourth-order valence-electron chi connectivity index (χ4n) is 2.25. The third-order valence-corrected chi connectivity index (χ3v) is 3.25. The molecule has 1 aromatic carbocycles. The number of hydrogen-bond donors (Lipinski definition) is 1. The summed E-state index contributed by atoms with van der Waals surface area (Å²) in [6, 6.07) is 10.5. The third-order valence-electron chi connectivity index (χ3n) is 3.25. The van der Waals surface area contributed by atoms with E-state index in [4.69, 9.17) is 0 Å². The zero-order chi connectivity index (χ0) is 13.3. The van der Waals surface area contributed by atoms with Crippen LogP contribution in [-0.4, -0.2) is 10.7 Å². The number of aliphatic hydroxyl groups is 1. The van der Waals surface area contributed by atoms with Crippen LogP contribution in [0, 0.1) is 0 Å². The molecule has 0 aliphatic rings. The molecule has 98 valence electrons. The molecule has 1 heteroatoms. The number of rotatable bonds is 9. The summed E-state index contributed by atoms with van der Waals surface area (Å²) >= 11 is 0. The maximum atomic E-state index is 10.4. The van der Waals surface area contributed by atoms with Gasteiger partial charge in [-0.1, -0.05) is 48.9 Å². The van der Waals surface area contributed by atoms with Crippen LogP contribution in [0.4, 0.5) is 0 Å². The van der Waals surface area contributed by atoms with Crippen LogP contribution in [0.3, 0.4) is 0 Å². The first kappa shape index (κ1) is 14.7. The van der Waals surface area contributed by atoms with Crippen molar-refractivity contribution >= 4 is 0 Å². The van der Waals surface area contributed by atoms with Crippen LogP contribution < -0.4 is 0 Å². The molecule has 1 aromatic rings. The van der Waals surface area contributed by atoms with Crippen molar-refractivity contribution in [1.29, 1.82) is 0 Å². The van der Waals surface area contributed by atoms with Crippen LogP contribution in [0.15, 0.2) is 55.6 Å². The van der Waals surface area contributed by atoms with E-state index in [1.165, 1.54) is 5.56 Å². The van der Waals surface area contributed by atoms with E-state index in [9.17, 15) is 5.11 Å². The van der Waals surface area contributed by atoms with Gasteiger partial charge < -0.3 is 5.11 Å². The summed E-state index contributed by atoms with van der Waals surface area (Å²) in [5, 5.41) is 10.4. The molecule has 0 aromatic heterocycles. The van der Waals surface area contributed by atoms with Crippen LogP contribution in [0.25, 0.3) is 0 Å². The van der Waals surface area contributed by atoms with Crippen LogP contribution >= 0.6 is 0 Å². The molecule has 0 radical (unpaired) electrons. The Hall–Kier alpha value is -1.34. The van der Waals surface area contributed by atoms with E-state index >= 15 is 0 Å². The quantitative estimate of drug-likeness (QED) is 0.507. The first-order chi connectivity index (χ1) is 8.70. The summed E-state index contributed by atoms with van der Waals surface area (Å²) in [5.74, 6) is 0. The Morgan fingerprint density at radius 2 is 1.61 bits per heavy atom. The van der Waals surface area contributed by atoms with Crippen molar-refractivity contribution in [2.45, 2.75) is 44.1 Å². The minimum atomic E-state index is -0.639. The van der Waals surface area contributed by atoms with Gasteiger partial charge in [0.2, 0.25) is 0 Å². The fraction of sp³-hybridized carbons (Fsp3) is 0.412. The van der Waals surface area contributed by atoms with Crippen molar-refractivity contribution in [3.8, 4) is 0 Å². The largest absolute Gasteiger partial charge is 0.389 e. The first-order valence-corrected chi connectivity index (χ1v) is 6.68. The SMILES string of the molecule is C=CCC(O)(CC=C)CCCCc1ccccc1. The van der Waals surface area contributed by atoms with Gasteiger partial charge in [0.15, 0.2) is 0 Å². The Labute approximate surface area is 111 Å². The molecule has 0 amide bonds. The van der Waals surface area contributed by atoms with E-state index in [1.54, 1.807) is 12.2 Å². The van der Waals surface area contributed by atoms with E-state index in [1.807, 2.05) is 6.07 Å². The summed E-state index contributed by atoms with van der Waals surface area (Å²) in [4.78, 5) is 0. The van der Waals surface area contributed by atoms with Crippen molar-refractivity contribution in [3.63, 3.8) is 0 Å². The lowest BCUT2D eigenvalue weighted by Crippen LogP contribution is -2.26. The van der Waals surface area contributed by atoms with Gasteiger partial charge in [0.1, 0.15) is 0 Å². The maximum Gasteiger partial charge on any atom is 0.0716 e. The van der Waals surface area contributed by atoms with Crippen molar-refractivity contribution < 1.29 is 5.11 Å². The molecular formula is C17H24O. The topological polar surface area (TPSA) is 20.2 Å². The van der Waals surface area contributed by atoms with Crippen LogP contribution in [0.1, 0.15) is 37.7 Å². The Bertz CT molecular complexity index is 343. The first-order valence-electron chi connectivity index (χ1n) is 6.68. The Balaban J connectivity index is 2.31. The highest BCUT2D eigenvalue weighted by Gasteiger charge is 2.22. The van der Waals surface area contributed by atoms with Crippen molar-refractivity contribution in [2.24, 2.45) is 0 Å². The fourth-order valence-corrected chi connectivity index (χ4v) is 2.25. The zero-order valence-corrected chi connectivity index (χ0v) is 11.1. The highest BCUT2D eigenvalue weighted by Crippen LogP contribution is 2.24. The predicted molar refractivity (Wildman–Crippen MR) is 78.6 cm³/mol. The summed E-state index contributed by atoms with van der Waals surface area (Å²) in [5.41, 5.74) is 0.730. The van der Waals surface area contributed by atoms with Gasteiger partial charge in [-0.15, -0.1) is 13.2 Å². The van der Waals surface area contributed by atoms with Gasteiger partial charge >= 0.3 is 0 Å². The summed E-state index contributed by atoms with van der Waals surface area (Å²) in [7, 11) is 0. The Kier molecular flexibility index (Phi) is 6.45. The highest BCUT2D eigenvalue weighted by atomic mass is 16.3. The molecule has 1 rings (SSSR count). The normalized spacial score (nSPS) is 11.2. The number of benzene rings is 1. The molecule has 1 nitrogen and oxygen atoms in total. The third kappa shape index (κ3) is 5.33. The number of hydrogen-bond acceptors (Lipinski definition) is 1. The smallest absolute Gasteiger partial charge is 0.0716 e. The highest BCUT2D eigenvalue weighted by molar-refractivity contribution is 5.14. The van der Waals surface area contributed by atoms with E-state index in [0.29, 0.717) is 12.8 Å². The van der Waals surface area contributed by atoms with Gasteiger partial charge in [0, 0.05) is 0 Å². The van der Waals surface area contributed by atoms with Crippen molar-refractivity contribution in [1.82, 2.24) is 0 Å². The molecule has 0 spiro atoms. The molecule has 0 heterocycles. The van der Waals surface area contributed by atoms with Gasteiger partial charge in [-0.05, 0) is 37.7 Å². The summed E-state index contributed by atoms with van der Waals surface area (Å²) < 4.78 is 0. The summed E-state index contributed by atoms with van der Waals surface area (Å²) in [6.45, 7) is 7.42. The number of aryl methyl sites for hydroxylation is 1. The molecule has 1 N–H and O–H groups in total. The second-order valence-electron chi connectivity index (χ2n) is 4.90. The van der Waals surface area contributed by atoms with E-state index < -0.39 is 5.60 Å². The lowest BCUT2D eigenvalue weighted by molar-refractivity contribution is 0.0349. The van der Waals surface area contributed by atoms with E-state index in [-0.39, 0.29) is 0 Å². The Morgan fingerprint density at radius 3 is 2.17 bits per heavy atom. The molecule has 0 aliphatic heterocycles. The monoisotopic (exact) mass is 244 g/mol. The zero-order valence-electron chi connectivity index (χ0n) is 11.1. The van der Waals surface area contributed by atoms with E-state index in [2.05, 4.69) is 37.4 Å². The lowest BCUT2D eigenvalue weighted by atomic mass is 9.89. The van der Waals surface area contributed by atoms with Crippen LogP contribution in [0.2, 0.25) is 0 Å². The number of unbranched alkanes of at least 4 members (excludes halogenated alkanes) is 1. The second-order valence-corrected chi connectivity index (χ2v) is 4.90. The minimum Gasteiger partial charge on any atom is -0.389 e. The molecule has 0 saturated heterocycles. The van der Waals surface area contributed by atoms with E-state index in [0.717, 1.165) is 25.7 Å². The van der Waals surface area contributed by atoms with Crippen molar-refractivity contribution in [3.05, 3.63) is 61.2 Å². The predicted octanol–water partition coefficient (Wildman–Crippen LogP) is 4.28. The molecule has 0 aliphatic carbocycles. The van der Waals surface area contributed by atoms with Gasteiger partial charge in [-0.25, -0.2) is 0 Å². The van der Waals surface area contributed by atoms with Crippen LogP contribution in [-0.2, 0) is 6.42 Å². The molecule has 18 heavy (non-hydrogen) atoms. The molecule has 0 atom stereocenters. The second kappa shape index (κ2) is 7.88. The van der Waals surface area contributed by atoms with Gasteiger partial charge in [-0.3, -0.25) is 0 Å². The molecule has 0 fully saturated rings. The molecular weight excluding hydrogens is 220 g/mol. The average Bonchev–Trinajstić information content (AvgIpc) is 2.37. The van der Waals surface area contributed by atoms with Crippen molar-refractivity contribution in [2.75, 3.05) is 0 Å². The molecule has 0 unspecified atom stereocenters.